The zero-order chi connectivity index (χ0) is 14.8. The summed E-state index contributed by atoms with van der Waals surface area (Å²) in [5.74, 6) is -0.0601. The molecule has 0 N–H and O–H groups in total. The van der Waals surface area contributed by atoms with Crippen LogP contribution in [-0.2, 0) is 13.7 Å². The van der Waals surface area contributed by atoms with Crippen LogP contribution < -0.4 is 14.9 Å². The summed E-state index contributed by atoms with van der Waals surface area (Å²) in [6, 6.07) is 3.64. The lowest BCUT2D eigenvalue weighted by atomic mass is 9.79. The highest BCUT2D eigenvalue weighted by Gasteiger charge is 2.30. The van der Waals surface area contributed by atoms with Gasteiger partial charge in [0, 0.05) is 18.8 Å². The molecular formula is C12H13BF3N2O2-. The molecule has 1 aromatic carbocycles. The Kier molecular flexibility index (Phi) is 3.92. The SMILES string of the molecule is COc1ccc(OCc2cnn(C)c2)c([B-](F)(F)F)c1. The first-order valence-electron chi connectivity index (χ1n) is 5.88. The summed E-state index contributed by atoms with van der Waals surface area (Å²) in [6.45, 7) is -5.14. The van der Waals surface area contributed by atoms with Crippen LogP contribution in [0.4, 0.5) is 12.9 Å². The van der Waals surface area contributed by atoms with Crippen molar-refractivity contribution in [1.29, 1.82) is 0 Å². The van der Waals surface area contributed by atoms with E-state index >= 15 is 0 Å². The summed E-state index contributed by atoms with van der Waals surface area (Å²) in [7, 11) is 3.04. The van der Waals surface area contributed by atoms with Crippen molar-refractivity contribution in [3.8, 4) is 11.5 Å². The van der Waals surface area contributed by atoms with Crippen LogP contribution in [0.25, 0.3) is 0 Å². The Morgan fingerprint density at radius 3 is 2.60 bits per heavy atom. The summed E-state index contributed by atoms with van der Waals surface area (Å²) in [6.07, 6.45) is 3.23. The average Bonchev–Trinajstić information content (AvgIpc) is 2.81. The number of rotatable bonds is 5. The van der Waals surface area contributed by atoms with Crippen molar-refractivity contribution in [3.05, 3.63) is 36.2 Å². The van der Waals surface area contributed by atoms with E-state index in [2.05, 4.69) is 5.10 Å². The van der Waals surface area contributed by atoms with Gasteiger partial charge in [0.05, 0.1) is 19.1 Å². The molecule has 0 aliphatic rings. The van der Waals surface area contributed by atoms with E-state index in [1.54, 1.807) is 24.1 Å². The third-order valence-electron chi connectivity index (χ3n) is 2.72. The van der Waals surface area contributed by atoms with Crippen molar-refractivity contribution in [2.75, 3.05) is 7.11 Å². The number of nitrogens with zero attached hydrogens (tertiary/aromatic N) is 2. The van der Waals surface area contributed by atoms with E-state index in [0.717, 1.165) is 6.07 Å². The maximum atomic E-state index is 13.0. The lowest BCUT2D eigenvalue weighted by Crippen LogP contribution is -2.35. The highest BCUT2D eigenvalue weighted by atomic mass is 19.4. The first-order chi connectivity index (χ1) is 9.40. The van der Waals surface area contributed by atoms with Gasteiger partial charge in [0.25, 0.3) is 0 Å². The average molecular weight is 285 g/mol. The lowest BCUT2D eigenvalue weighted by molar-refractivity contribution is 0.306. The molecule has 0 atom stereocenters. The Bertz CT molecular complexity index is 599. The Morgan fingerprint density at radius 2 is 2.05 bits per heavy atom. The molecule has 0 aliphatic carbocycles. The molecule has 108 valence electrons. The van der Waals surface area contributed by atoms with Crippen LogP contribution in [0.1, 0.15) is 5.56 Å². The molecule has 0 saturated heterocycles. The topological polar surface area (TPSA) is 36.3 Å². The number of hydrogen-bond acceptors (Lipinski definition) is 3. The number of aromatic nitrogens is 2. The van der Waals surface area contributed by atoms with E-state index in [9.17, 15) is 12.9 Å². The summed E-state index contributed by atoms with van der Waals surface area (Å²) >= 11 is 0. The van der Waals surface area contributed by atoms with Crippen LogP contribution in [0.3, 0.4) is 0 Å². The maximum Gasteiger partial charge on any atom is 0.513 e. The van der Waals surface area contributed by atoms with E-state index in [1.165, 1.54) is 19.2 Å². The monoisotopic (exact) mass is 285 g/mol. The molecule has 20 heavy (non-hydrogen) atoms. The Hall–Kier alpha value is -2.12. The number of hydrogen-bond donors (Lipinski definition) is 0. The minimum atomic E-state index is -5.17. The van der Waals surface area contributed by atoms with E-state index in [0.29, 0.717) is 5.56 Å². The first-order valence-corrected chi connectivity index (χ1v) is 5.88. The van der Waals surface area contributed by atoms with E-state index in [1.807, 2.05) is 0 Å². The van der Waals surface area contributed by atoms with Crippen LogP contribution in [0, 0.1) is 0 Å². The number of halogens is 3. The molecular weight excluding hydrogens is 272 g/mol. The molecule has 0 saturated carbocycles. The Balaban J connectivity index is 2.22. The van der Waals surface area contributed by atoms with Crippen LogP contribution in [0.15, 0.2) is 30.6 Å². The van der Waals surface area contributed by atoms with Crippen LogP contribution in [-0.4, -0.2) is 23.9 Å². The molecule has 1 heterocycles. The number of aryl methyl sites for hydroxylation is 1. The van der Waals surface area contributed by atoms with E-state index in [4.69, 9.17) is 9.47 Å². The minimum absolute atomic E-state index is 0.0271. The van der Waals surface area contributed by atoms with Crippen molar-refractivity contribution >= 4 is 12.4 Å². The van der Waals surface area contributed by atoms with Gasteiger partial charge in [-0.05, 0) is 18.2 Å². The van der Waals surface area contributed by atoms with Gasteiger partial charge < -0.3 is 22.4 Å². The van der Waals surface area contributed by atoms with Crippen molar-refractivity contribution < 1.29 is 22.4 Å². The molecule has 0 amide bonds. The standard InChI is InChI=1S/C12H13BF3N2O2/c1-18-7-9(6-17-18)8-20-12-4-3-10(19-2)5-11(12)13(14,15)16/h3-7H,8H2,1-2H3/q-1. The van der Waals surface area contributed by atoms with E-state index in [-0.39, 0.29) is 18.1 Å². The third-order valence-corrected chi connectivity index (χ3v) is 2.72. The van der Waals surface area contributed by atoms with Gasteiger partial charge in [0.1, 0.15) is 12.4 Å². The molecule has 0 fully saturated rings. The van der Waals surface area contributed by atoms with Gasteiger partial charge in [-0.2, -0.15) is 5.10 Å². The normalized spacial score (nSPS) is 11.4. The number of ether oxygens (including phenoxy) is 2. The number of benzene rings is 1. The summed E-state index contributed by atoms with van der Waals surface area (Å²) in [5, 5.41) is 3.93. The molecule has 4 nitrogen and oxygen atoms in total. The second kappa shape index (κ2) is 5.48. The van der Waals surface area contributed by atoms with Crippen LogP contribution >= 0.6 is 0 Å². The largest absolute Gasteiger partial charge is 0.513 e. The van der Waals surface area contributed by atoms with Gasteiger partial charge in [-0.1, -0.05) is 5.46 Å². The smallest absolute Gasteiger partial charge is 0.497 e. The van der Waals surface area contributed by atoms with Crippen molar-refractivity contribution in [2.45, 2.75) is 6.61 Å². The molecule has 2 rings (SSSR count). The summed E-state index contributed by atoms with van der Waals surface area (Å²) < 4.78 is 50.6. The van der Waals surface area contributed by atoms with Gasteiger partial charge in [-0.25, -0.2) is 0 Å². The number of methoxy groups -OCH3 is 1. The molecule has 0 aliphatic heterocycles. The lowest BCUT2D eigenvalue weighted by Gasteiger charge is -2.20. The Labute approximate surface area is 114 Å². The zero-order valence-corrected chi connectivity index (χ0v) is 11.0. The second-order valence-electron chi connectivity index (χ2n) is 4.29. The maximum absolute atomic E-state index is 13.0. The zero-order valence-electron chi connectivity index (χ0n) is 11.0. The molecule has 0 unspecified atom stereocenters. The summed E-state index contributed by atoms with van der Waals surface area (Å²) in [5.41, 5.74) is -0.0998. The first kappa shape index (κ1) is 14.3. The van der Waals surface area contributed by atoms with Crippen molar-refractivity contribution in [1.82, 2.24) is 9.78 Å². The fraction of sp³-hybridized carbons (Fsp3) is 0.250. The van der Waals surface area contributed by atoms with Crippen molar-refractivity contribution in [3.63, 3.8) is 0 Å². The van der Waals surface area contributed by atoms with Crippen LogP contribution in [0.5, 0.6) is 11.5 Å². The van der Waals surface area contributed by atoms with Gasteiger partial charge in [-0.15, -0.1) is 0 Å². The van der Waals surface area contributed by atoms with Crippen LogP contribution in [0.2, 0.25) is 0 Å². The molecule has 1 aromatic heterocycles. The fourth-order valence-corrected chi connectivity index (χ4v) is 1.75. The third kappa shape index (κ3) is 3.25. The van der Waals surface area contributed by atoms with Gasteiger partial charge in [-0.3, -0.25) is 4.68 Å². The predicted molar refractivity (Wildman–Crippen MR) is 69.2 cm³/mol. The fourth-order valence-electron chi connectivity index (χ4n) is 1.75. The molecule has 8 heteroatoms. The van der Waals surface area contributed by atoms with Gasteiger partial charge in [0.15, 0.2) is 0 Å². The Morgan fingerprint density at radius 1 is 1.30 bits per heavy atom. The predicted octanol–water partition coefficient (Wildman–Crippen LogP) is 2.06. The quantitative estimate of drug-likeness (QED) is 0.789. The van der Waals surface area contributed by atoms with Crippen molar-refractivity contribution in [2.24, 2.45) is 7.05 Å². The summed E-state index contributed by atoms with van der Waals surface area (Å²) in [4.78, 5) is 0. The molecule has 0 radical (unpaired) electrons. The molecule has 0 bridgehead atoms. The highest BCUT2D eigenvalue weighted by Crippen LogP contribution is 2.23. The van der Waals surface area contributed by atoms with Gasteiger partial charge >= 0.3 is 6.98 Å². The molecule has 0 spiro atoms. The molecule has 2 aromatic rings. The highest BCUT2D eigenvalue weighted by molar-refractivity contribution is 6.74. The van der Waals surface area contributed by atoms with E-state index < -0.39 is 12.4 Å². The van der Waals surface area contributed by atoms with Gasteiger partial charge in [0.2, 0.25) is 0 Å². The second-order valence-corrected chi connectivity index (χ2v) is 4.29. The minimum Gasteiger partial charge on any atom is -0.497 e.